The molecular weight excluding hydrogens is 236 g/mol. The summed E-state index contributed by atoms with van der Waals surface area (Å²) < 4.78 is 6.09. The number of ether oxygens (including phenoxy) is 1. The van der Waals surface area contributed by atoms with Gasteiger partial charge in [0.15, 0.2) is 0 Å². The molecule has 0 radical (unpaired) electrons. The number of likely N-dealkylation sites (N-methyl/N-ethyl adjacent to an activating group) is 2. The predicted octanol–water partition coefficient (Wildman–Crippen LogP) is 2.65. The highest BCUT2D eigenvalue weighted by Crippen LogP contribution is 2.46. The van der Waals surface area contributed by atoms with Crippen molar-refractivity contribution < 1.29 is 4.74 Å². The second-order valence-electron chi connectivity index (χ2n) is 7.01. The summed E-state index contributed by atoms with van der Waals surface area (Å²) in [5.74, 6) is 0.742. The van der Waals surface area contributed by atoms with E-state index in [1.54, 1.807) is 0 Å². The van der Waals surface area contributed by atoms with E-state index in [0.717, 1.165) is 12.5 Å². The quantitative estimate of drug-likeness (QED) is 0.829. The second kappa shape index (κ2) is 5.71. The molecule has 0 aromatic rings. The van der Waals surface area contributed by atoms with Crippen LogP contribution in [-0.2, 0) is 4.74 Å². The molecule has 1 aliphatic heterocycles. The van der Waals surface area contributed by atoms with E-state index >= 15 is 0 Å². The minimum absolute atomic E-state index is 0.224. The molecule has 19 heavy (non-hydrogen) atoms. The lowest BCUT2D eigenvalue weighted by molar-refractivity contribution is -0.152. The zero-order valence-electron chi connectivity index (χ0n) is 13.5. The van der Waals surface area contributed by atoms with Crippen molar-refractivity contribution in [1.82, 2.24) is 10.2 Å². The molecule has 1 saturated carbocycles. The first-order valence-electron chi connectivity index (χ1n) is 7.96. The Kier molecular flexibility index (Phi) is 4.59. The van der Waals surface area contributed by atoms with Crippen LogP contribution in [-0.4, -0.2) is 49.8 Å². The minimum Gasteiger partial charge on any atom is -0.375 e. The highest BCUT2D eigenvalue weighted by molar-refractivity contribution is 5.03. The molecule has 0 bridgehead atoms. The van der Waals surface area contributed by atoms with Crippen LogP contribution in [0.2, 0.25) is 0 Å². The van der Waals surface area contributed by atoms with Crippen LogP contribution < -0.4 is 5.32 Å². The maximum atomic E-state index is 6.09. The Morgan fingerprint density at radius 3 is 2.53 bits per heavy atom. The zero-order chi connectivity index (χ0) is 14.1. The van der Waals surface area contributed by atoms with Crippen LogP contribution in [0.1, 0.15) is 52.4 Å². The van der Waals surface area contributed by atoms with Crippen LogP contribution in [0.3, 0.4) is 0 Å². The van der Waals surface area contributed by atoms with Gasteiger partial charge in [0.1, 0.15) is 0 Å². The third kappa shape index (κ3) is 2.70. The summed E-state index contributed by atoms with van der Waals surface area (Å²) in [6.45, 7) is 5.66. The van der Waals surface area contributed by atoms with E-state index in [1.165, 1.54) is 38.5 Å². The number of hydrogen-bond acceptors (Lipinski definition) is 3. The Morgan fingerprint density at radius 2 is 2.11 bits per heavy atom. The standard InChI is InChI=1S/C16H32N2O/c1-6-15(2,18(4)5)14(17-3)13-8-11-19-16(12-13)9-7-10-16/h13-14,17H,6-12H2,1-5H3. The SMILES string of the molecule is CCC(C)(C(NC)C1CCOC2(CCC2)C1)N(C)C. The van der Waals surface area contributed by atoms with Crippen LogP contribution in [0.25, 0.3) is 0 Å². The lowest BCUT2D eigenvalue weighted by atomic mass is 9.67. The van der Waals surface area contributed by atoms with Crippen molar-refractivity contribution in [2.45, 2.75) is 69.6 Å². The molecule has 1 spiro atoms. The van der Waals surface area contributed by atoms with Gasteiger partial charge in [0.2, 0.25) is 0 Å². The van der Waals surface area contributed by atoms with Gasteiger partial charge in [-0.05, 0) is 72.5 Å². The second-order valence-corrected chi connectivity index (χ2v) is 7.01. The molecule has 3 nitrogen and oxygen atoms in total. The van der Waals surface area contributed by atoms with E-state index in [0.29, 0.717) is 6.04 Å². The summed E-state index contributed by atoms with van der Waals surface area (Å²) in [5, 5.41) is 3.63. The van der Waals surface area contributed by atoms with Gasteiger partial charge in [-0.25, -0.2) is 0 Å². The third-order valence-electron chi connectivity index (χ3n) is 5.99. The van der Waals surface area contributed by atoms with E-state index < -0.39 is 0 Å². The van der Waals surface area contributed by atoms with Crippen LogP contribution >= 0.6 is 0 Å². The van der Waals surface area contributed by atoms with Crippen molar-refractivity contribution in [3.63, 3.8) is 0 Å². The molecule has 1 aliphatic carbocycles. The first-order chi connectivity index (χ1) is 8.97. The number of nitrogens with one attached hydrogen (secondary N) is 1. The molecule has 3 atom stereocenters. The Labute approximate surface area is 119 Å². The van der Waals surface area contributed by atoms with E-state index in [9.17, 15) is 0 Å². The molecule has 1 saturated heterocycles. The van der Waals surface area contributed by atoms with Gasteiger partial charge in [-0.15, -0.1) is 0 Å². The smallest absolute Gasteiger partial charge is 0.0685 e. The van der Waals surface area contributed by atoms with Crippen LogP contribution in [0, 0.1) is 5.92 Å². The Hall–Kier alpha value is -0.120. The molecule has 112 valence electrons. The average Bonchev–Trinajstić information content (AvgIpc) is 2.37. The fraction of sp³-hybridized carbons (Fsp3) is 1.00. The third-order valence-corrected chi connectivity index (χ3v) is 5.99. The van der Waals surface area contributed by atoms with Crippen LogP contribution in [0.15, 0.2) is 0 Å². The molecule has 1 N–H and O–H groups in total. The Balaban J connectivity index is 2.12. The van der Waals surface area contributed by atoms with E-state index in [-0.39, 0.29) is 11.1 Å². The minimum atomic E-state index is 0.224. The molecule has 1 heterocycles. The molecular formula is C16H32N2O. The maximum absolute atomic E-state index is 6.09. The fourth-order valence-corrected chi connectivity index (χ4v) is 4.14. The lowest BCUT2D eigenvalue weighted by Crippen LogP contribution is -2.61. The molecule has 0 aromatic carbocycles. The van der Waals surface area contributed by atoms with Gasteiger partial charge in [-0.1, -0.05) is 6.92 Å². The van der Waals surface area contributed by atoms with Crippen LogP contribution in [0.5, 0.6) is 0 Å². The van der Waals surface area contributed by atoms with Gasteiger partial charge in [-0.2, -0.15) is 0 Å². The summed E-state index contributed by atoms with van der Waals surface area (Å²) in [6.07, 6.45) is 7.56. The van der Waals surface area contributed by atoms with Crippen molar-refractivity contribution in [3.8, 4) is 0 Å². The highest BCUT2D eigenvalue weighted by atomic mass is 16.5. The lowest BCUT2D eigenvalue weighted by Gasteiger charge is -2.53. The van der Waals surface area contributed by atoms with Gasteiger partial charge in [0.05, 0.1) is 5.60 Å². The van der Waals surface area contributed by atoms with Gasteiger partial charge in [0.25, 0.3) is 0 Å². The molecule has 3 heteroatoms. The summed E-state index contributed by atoms with van der Waals surface area (Å²) in [7, 11) is 6.56. The van der Waals surface area contributed by atoms with Crippen LogP contribution in [0.4, 0.5) is 0 Å². The summed E-state index contributed by atoms with van der Waals surface area (Å²) in [6, 6.07) is 0.550. The number of hydrogen-bond donors (Lipinski definition) is 1. The van der Waals surface area contributed by atoms with Crippen molar-refractivity contribution >= 4 is 0 Å². The molecule has 2 fully saturated rings. The van der Waals surface area contributed by atoms with E-state index in [2.05, 4.69) is 45.2 Å². The molecule has 0 aromatic heterocycles. The van der Waals surface area contributed by atoms with Gasteiger partial charge >= 0.3 is 0 Å². The monoisotopic (exact) mass is 268 g/mol. The maximum Gasteiger partial charge on any atom is 0.0685 e. The van der Waals surface area contributed by atoms with E-state index in [1.807, 2.05) is 0 Å². The van der Waals surface area contributed by atoms with E-state index in [4.69, 9.17) is 4.74 Å². The molecule has 2 rings (SSSR count). The molecule has 2 aliphatic rings. The largest absolute Gasteiger partial charge is 0.375 e. The highest BCUT2D eigenvalue weighted by Gasteiger charge is 2.47. The number of rotatable bonds is 5. The van der Waals surface area contributed by atoms with Gasteiger partial charge in [0, 0.05) is 18.2 Å². The van der Waals surface area contributed by atoms with Gasteiger partial charge in [-0.3, -0.25) is 0 Å². The fourth-order valence-electron chi connectivity index (χ4n) is 4.14. The Bertz CT molecular complexity index is 301. The molecule has 3 unspecified atom stereocenters. The Morgan fingerprint density at radius 1 is 1.42 bits per heavy atom. The normalized spacial score (nSPS) is 30.9. The topological polar surface area (TPSA) is 24.5 Å². The zero-order valence-corrected chi connectivity index (χ0v) is 13.5. The predicted molar refractivity (Wildman–Crippen MR) is 80.5 cm³/mol. The van der Waals surface area contributed by atoms with Crippen molar-refractivity contribution in [1.29, 1.82) is 0 Å². The van der Waals surface area contributed by atoms with Crippen molar-refractivity contribution in [2.75, 3.05) is 27.7 Å². The van der Waals surface area contributed by atoms with Gasteiger partial charge < -0.3 is 15.0 Å². The summed E-state index contributed by atoms with van der Waals surface area (Å²) in [4.78, 5) is 2.40. The average molecular weight is 268 g/mol. The first-order valence-corrected chi connectivity index (χ1v) is 7.96. The van der Waals surface area contributed by atoms with Crippen molar-refractivity contribution in [3.05, 3.63) is 0 Å². The number of nitrogens with zero attached hydrogens (tertiary/aromatic N) is 1. The summed E-state index contributed by atoms with van der Waals surface area (Å²) >= 11 is 0. The first kappa shape index (κ1) is 15.3. The summed E-state index contributed by atoms with van der Waals surface area (Å²) in [5.41, 5.74) is 0.473. The molecule has 0 amide bonds. The van der Waals surface area contributed by atoms with Crippen molar-refractivity contribution in [2.24, 2.45) is 5.92 Å².